The normalized spacial score (nSPS) is 34.5. The van der Waals surface area contributed by atoms with Crippen LogP contribution in [0.5, 0.6) is 11.5 Å². The lowest BCUT2D eigenvalue weighted by molar-refractivity contribution is -0.156. The van der Waals surface area contributed by atoms with Gasteiger partial charge in [-0.15, -0.1) is 0 Å². The molecule has 0 radical (unpaired) electrons. The van der Waals surface area contributed by atoms with Crippen LogP contribution < -0.4 is 9.47 Å². The molecule has 0 bridgehead atoms. The number of nitrogens with zero attached hydrogens (tertiary/aromatic N) is 1. The van der Waals surface area contributed by atoms with Gasteiger partial charge in [-0.1, -0.05) is 29.5 Å². The van der Waals surface area contributed by atoms with Crippen molar-refractivity contribution in [2.75, 3.05) is 6.79 Å². The maximum absolute atomic E-state index is 13.5. The number of sulfonamides is 1. The molecule has 8 nitrogen and oxygen atoms in total. The maximum Gasteiger partial charge on any atom is 0.243 e. The van der Waals surface area contributed by atoms with Crippen LogP contribution in [0.4, 0.5) is 0 Å². The van der Waals surface area contributed by atoms with Crippen LogP contribution in [0.2, 0.25) is 0 Å². The van der Waals surface area contributed by atoms with Gasteiger partial charge in [0.25, 0.3) is 0 Å². The number of hydrogen-bond acceptors (Lipinski definition) is 7. The number of aliphatic hydroxyl groups is 1. The van der Waals surface area contributed by atoms with Crippen LogP contribution in [0.1, 0.15) is 25.0 Å². The molecule has 1 unspecified atom stereocenters. The fourth-order valence-corrected chi connectivity index (χ4v) is 6.98. The monoisotopic (exact) mass is 483 g/mol. The molecule has 6 rings (SSSR count). The number of fused-ring (bicyclic) bond motifs is 4. The summed E-state index contributed by atoms with van der Waals surface area (Å²) in [6.45, 7) is 5.60. The van der Waals surface area contributed by atoms with Gasteiger partial charge in [0.05, 0.1) is 29.0 Å². The van der Waals surface area contributed by atoms with E-state index >= 15 is 0 Å². The van der Waals surface area contributed by atoms with Gasteiger partial charge in [-0.25, -0.2) is 8.42 Å². The number of aliphatic hydroxyl groups excluding tert-OH is 1. The highest BCUT2D eigenvalue weighted by Gasteiger charge is 2.72. The average Bonchev–Trinajstić information content (AvgIpc) is 3.20. The van der Waals surface area contributed by atoms with Crippen molar-refractivity contribution in [3.63, 3.8) is 0 Å². The van der Waals surface area contributed by atoms with E-state index in [1.165, 1.54) is 4.31 Å². The molecule has 1 saturated carbocycles. The highest BCUT2D eigenvalue weighted by Crippen LogP contribution is 2.53. The van der Waals surface area contributed by atoms with Gasteiger partial charge in [0.2, 0.25) is 16.8 Å². The van der Waals surface area contributed by atoms with Crippen molar-refractivity contribution >= 4 is 10.0 Å². The first-order valence-corrected chi connectivity index (χ1v) is 12.6. The van der Waals surface area contributed by atoms with Crippen LogP contribution in [0.25, 0.3) is 0 Å². The first-order valence-electron chi connectivity index (χ1n) is 11.2. The van der Waals surface area contributed by atoms with E-state index in [9.17, 15) is 13.5 Å². The van der Waals surface area contributed by atoms with E-state index in [-0.39, 0.29) is 11.7 Å². The summed E-state index contributed by atoms with van der Waals surface area (Å²) in [5.41, 5.74) is 1.66. The minimum atomic E-state index is -3.81. The Morgan fingerprint density at radius 1 is 1.00 bits per heavy atom. The number of hydrogen-bond donors (Lipinski definition) is 1. The average molecular weight is 484 g/mol. The Morgan fingerprint density at radius 2 is 1.71 bits per heavy atom. The van der Waals surface area contributed by atoms with Gasteiger partial charge in [-0.2, -0.15) is 4.31 Å². The molecule has 2 aromatic rings. The third-order valence-corrected chi connectivity index (χ3v) is 8.68. The van der Waals surface area contributed by atoms with Crippen molar-refractivity contribution in [2.24, 2.45) is 5.92 Å². The minimum absolute atomic E-state index is 0.166. The van der Waals surface area contributed by atoms with Crippen LogP contribution in [-0.4, -0.2) is 60.8 Å². The summed E-state index contributed by atoms with van der Waals surface area (Å²) >= 11 is 0. The first kappa shape index (κ1) is 21.9. The van der Waals surface area contributed by atoms with Gasteiger partial charge in [-0.3, -0.25) is 0 Å². The molecule has 9 heteroatoms. The van der Waals surface area contributed by atoms with Crippen molar-refractivity contribution in [1.29, 1.82) is 0 Å². The molecule has 1 aliphatic carbocycles. The molecule has 178 valence electrons. The Labute approximate surface area is 198 Å². The Balaban J connectivity index is 1.36. The lowest BCUT2D eigenvalue weighted by atomic mass is 9.83. The van der Waals surface area contributed by atoms with Gasteiger partial charge in [0, 0.05) is 5.56 Å². The second-order valence-electron chi connectivity index (χ2n) is 9.55. The molecule has 34 heavy (non-hydrogen) atoms. The smallest absolute Gasteiger partial charge is 0.243 e. The third-order valence-electron chi connectivity index (χ3n) is 6.77. The molecule has 1 N–H and O–H groups in total. The van der Waals surface area contributed by atoms with Crippen molar-refractivity contribution in [3.8, 4) is 23.3 Å². The Morgan fingerprint density at radius 3 is 2.47 bits per heavy atom. The molecule has 4 aliphatic rings. The number of aryl methyl sites for hydroxylation is 1. The maximum atomic E-state index is 13.5. The van der Waals surface area contributed by atoms with Gasteiger partial charge < -0.3 is 24.1 Å². The molecule has 0 amide bonds. The molecular formula is C25H25NO7S. The van der Waals surface area contributed by atoms with Crippen LogP contribution in [0, 0.1) is 24.7 Å². The van der Waals surface area contributed by atoms with Crippen LogP contribution in [0.3, 0.4) is 0 Å². The minimum Gasteiger partial charge on any atom is -0.454 e. The predicted octanol–water partition coefficient (Wildman–Crippen LogP) is 2.03. The molecule has 0 aromatic heterocycles. The predicted molar refractivity (Wildman–Crippen MR) is 121 cm³/mol. The topological polar surface area (TPSA) is 94.3 Å². The van der Waals surface area contributed by atoms with E-state index in [0.717, 1.165) is 5.56 Å². The number of rotatable bonds is 2. The van der Waals surface area contributed by atoms with Crippen molar-refractivity contribution in [1.82, 2.24) is 4.31 Å². The van der Waals surface area contributed by atoms with E-state index in [1.807, 2.05) is 13.0 Å². The lowest BCUT2D eigenvalue weighted by Crippen LogP contribution is -2.49. The summed E-state index contributed by atoms with van der Waals surface area (Å²) in [6, 6.07) is 11.1. The van der Waals surface area contributed by atoms with Gasteiger partial charge >= 0.3 is 0 Å². The number of ether oxygens (including phenoxy) is 4. The van der Waals surface area contributed by atoms with E-state index in [4.69, 9.17) is 18.9 Å². The zero-order valence-electron chi connectivity index (χ0n) is 19.0. The fourth-order valence-electron chi connectivity index (χ4n) is 5.17. The highest BCUT2D eigenvalue weighted by molar-refractivity contribution is 7.89. The lowest BCUT2D eigenvalue weighted by Gasteiger charge is -2.29. The zero-order chi connectivity index (χ0) is 23.8. The van der Waals surface area contributed by atoms with Crippen molar-refractivity contribution in [3.05, 3.63) is 53.6 Å². The molecule has 3 aliphatic heterocycles. The van der Waals surface area contributed by atoms with E-state index in [0.29, 0.717) is 17.1 Å². The van der Waals surface area contributed by atoms with E-state index in [1.54, 1.807) is 50.2 Å². The molecule has 3 fully saturated rings. The summed E-state index contributed by atoms with van der Waals surface area (Å²) in [5.74, 6) is 5.92. The Kier molecular flexibility index (Phi) is 4.79. The summed E-state index contributed by atoms with van der Waals surface area (Å²) in [4.78, 5) is 0.208. The number of benzene rings is 2. The molecule has 2 aromatic carbocycles. The van der Waals surface area contributed by atoms with Gasteiger partial charge in [0.1, 0.15) is 12.2 Å². The largest absolute Gasteiger partial charge is 0.454 e. The molecule has 3 heterocycles. The highest BCUT2D eigenvalue weighted by atomic mass is 32.2. The van der Waals surface area contributed by atoms with Crippen molar-refractivity contribution in [2.45, 2.75) is 61.8 Å². The molecule has 7 atom stereocenters. The second kappa shape index (κ2) is 7.44. The molecular weight excluding hydrogens is 458 g/mol. The van der Waals surface area contributed by atoms with Gasteiger partial charge in [0.15, 0.2) is 17.3 Å². The Hall–Kier alpha value is -2.61. The summed E-state index contributed by atoms with van der Waals surface area (Å²) in [7, 11) is -3.81. The summed E-state index contributed by atoms with van der Waals surface area (Å²) < 4.78 is 51.3. The summed E-state index contributed by atoms with van der Waals surface area (Å²) in [6.07, 6.45) is -2.25. The summed E-state index contributed by atoms with van der Waals surface area (Å²) in [5, 5.41) is 11.2. The van der Waals surface area contributed by atoms with Crippen LogP contribution >= 0.6 is 0 Å². The standard InChI is InChI=1S/C25H25NO7S/c1-14-4-8-16(9-5-14)34(28,29)26-20-17(10-6-15-7-11-18-19(12-15)31-13-30-18)22(27)24-23(21(20)26)32-25(2,3)33-24/h4-5,7-9,11-12,17,20-24,27H,13H2,1-3H3/t17-,20-,21-,22+,23+,24-,26?/m1/s1. The van der Waals surface area contributed by atoms with E-state index < -0.39 is 52.1 Å². The Bertz CT molecular complexity index is 1310. The van der Waals surface area contributed by atoms with Crippen LogP contribution in [-0.2, 0) is 19.5 Å². The third kappa shape index (κ3) is 3.41. The second-order valence-corrected chi connectivity index (χ2v) is 11.4. The SMILES string of the molecule is Cc1ccc(S(=O)(=O)N2[C@@H]3[C@@H](C#Cc4ccc5c(c4)OCO5)[C@H](O)[C@H]4OC(C)(C)O[C@H]4[C@@H]32)cc1. The van der Waals surface area contributed by atoms with E-state index in [2.05, 4.69) is 11.8 Å². The molecule has 0 spiro atoms. The zero-order valence-corrected chi connectivity index (χ0v) is 19.8. The van der Waals surface area contributed by atoms with Crippen LogP contribution in [0.15, 0.2) is 47.4 Å². The van der Waals surface area contributed by atoms with Crippen molar-refractivity contribution < 1.29 is 32.5 Å². The first-order chi connectivity index (χ1) is 16.2. The quantitative estimate of drug-likeness (QED) is 0.516. The molecule has 2 saturated heterocycles. The fraction of sp³-hybridized carbons (Fsp3) is 0.440. The van der Waals surface area contributed by atoms with Gasteiger partial charge in [-0.05, 0) is 51.1 Å².